The average Bonchev–Trinajstić information content (AvgIpc) is 3.38. The lowest BCUT2D eigenvalue weighted by atomic mass is 10.1. The maximum Gasteiger partial charge on any atom is 0.270 e. The van der Waals surface area contributed by atoms with E-state index in [1.165, 1.54) is 25.9 Å². The maximum absolute atomic E-state index is 13.0. The lowest BCUT2D eigenvalue weighted by Crippen LogP contribution is -3.10. The molecule has 2 N–H and O–H groups in total. The van der Waals surface area contributed by atoms with Crippen LogP contribution in [0.4, 0.5) is 0 Å². The molecule has 0 saturated carbocycles. The van der Waals surface area contributed by atoms with Gasteiger partial charge in [0.15, 0.2) is 0 Å². The number of nitrogens with one attached hydrogen (secondary N) is 2. The highest BCUT2D eigenvalue weighted by molar-refractivity contribution is 6.33. The third-order valence-electron chi connectivity index (χ3n) is 5.41. The number of amides is 1. The highest BCUT2D eigenvalue weighted by Crippen LogP contribution is 2.28. The van der Waals surface area contributed by atoms with Crippen molar-refractivity contribution in [3.63, 3.8) is 0 Å². The first-order valence-corrected chi connectivity index (χ1v) is 10.5. The second kappa shape index (κ2) is 8.80. The molecule has 6 heteroatoms. The summed E-state index contributed by atoms with van der Waals surface area (Å²) >= 11 is 6.37. The van der Waals surface area contributed by atoms with E-state index in [0.29, 0.717) is 23.0 Å². The Kier molecular flexibility index (Phi) is 5.97. The van der Waals surface area contributed by atoms with E-state index in [9.17, 15) is 4.79 Å². The molecule has 3 aromatic rings. The van der Waals surface area contributed by atoms with Crippen molar-refractivity contribution in [2.45, 2.75) is 19.8 Å². The molecule has 1 aliphatic rings. The molecule has 0 atom stereocenters. The first kappa shape index (κ1) is 19.7. The number of rotatable bonds is 6. The number of hydrogen-bond acceptors (Lipinski definition) is 2. The highest BCUT2D eigenvalue weighted by atomic mass is 35.5. The third kappa shape index (κ3) is 4.52. The minimum atomic E-state index is -0.115. The number of nitrogens with zero attached hydrogens (tertiary/aromatic N) is 2. The van der Waals surface area contributed by atoms with Crippen LogP contribution in [0.25, 0.3) is 16.9 Å². The fourth-order valence-corrected chi connectivity index (χ4v) is 4.10. The van der Waals surface area contributed by atoms with Crippen LogP contribution in [0.5, 0.6) is 0 Å². The lowest BCUT2D eigenvalue weighted by Gasteiger charge is -2.13. The van der Waals surface area contributed by atoms with E-state index in [1.54, 1.807) is 9.58 Å². The number of aromatic nitrogens is 2. The zero-order chi connectivity index (χ0) is 20.2. The van der Waals surface area contributed by atoms with Gasteiger partial charge in [-0.1, -0.05) is 41.9 Å². The van der Waals surface area contributed by atoms with Gasteiger partial charge in [0.1, 0.15) is 5.69 Å². The van der Waals surface area contributed by atoms with Gasteiger partial charge < -0.3 is 10.2 Å². The Labute approximate surface area is 176 Å². The Balaban J connectivity index is 1.63. The van der Waals surface area contributed by atoms with Crippen LogP contribution in [-0.2, 0) is 0 Å². The van der Waals surface area contributed by atoms with E-state index in [-0.39, 0.29) is 5.91 Å². The maximum atomic E-state index is 13.0. The molecule has 0 unspecified atom stereocenters. The summed E-state index contributed by atoms with van der Waals surface area (Å²) in [4.78, 5) is 14.6. The number of halogens is 1. The molecule has 0 aliphatic carbocycles. The van der Waals surface area contributed by atoms with Crippen LogP contribution in [0, 0.1) is 6.92 Å². The van der Waals surface area contributed by atoms with Crippen molar-refractivity contribution in [2.75, 3.05) is 26.2 Å². The summed E-state index contributed by atoms with van der Waals surface area (Å²) in [7, 11) is 0. The molecule has 4 rings (SSSR count). The standard InChI is InChI=1S/C23H25ClN4O/c1-17-7-6-8-18(15-17)28-22(23(29)25-11-14-27-12-4-5-13-27)16-21(26-28)19-9-2-3-10-20(19)24/h2-3,6-10,15-16H,4-5,11-14H2,1H3,(H,25,29)/p+1. The number of aryl methyl sites for hydroxylation is 1. The van der Waals surface area contributed by atoms with Crippen molar-refractivity contribution in [2.24, 2.45) is 0 Å². The van der Waals surface area contributed by atoms with Gasteiger partial charge >= 0.3 is 0 Å². The zero-order valence-corrected chi connectivity index (χ0v) is 17.4. The summed E-state index contributed by atoms with van der Waals surface area (Å²) in [5, 5.41) is 8.42. The van der Waals surface area contributed by atoms with Crippen molar-refractivity contribution in [1.29, 1.82) is 0 Å². The van der Waals surface area contributed by atoms with Gasteiger partial charge in [-0.25, -0.2) is 4.68 Å². The van der Waals surface area contributed by atoms with Crippen LogP contribution < -0.4 is 10.2 Å². The van der Waals surface area contributed by atoms with Gasteiger partial charge in [0.05, 0.1) is 42.6 Å². The molecular formula is C23H26ClN4O+. The van der Waals surface area contributed by atoms with Gasteiger partial charge in [0.25, 0.3) is 5.91 Å². The van der Waals surface area contributed by atoms with Gasteiger partial charge in [0.2, 0.25) is 0 Å². The van der Waals surface area contributed by atoms with Gasteiger partial charge in [-0.2, -0.15) is 5.10 Å². The van der Waals surface area contributed by atoms with Crippen molar-refractivity contribution >= 4 is 17.5 Å². The highest BCUT2D eigenvalue weighted by Gasteiger charge is 2.20. The molecule has 0 radical (unpaired) electrons. The van der Waals surface area contributed by atoms with E-state index in [4.69, 9.17) is 16.7 Å². The van der Waals surface area contributed by atoms with E-state index in [0.717, 1.165) is 23.4 Å². The Morgan fingerprint density at radius 3 is 2.69 bits per heavy atom. The molecule has 1 fully saturated rings. The lowest BCUT2D eigenvalue weighted by molar-refractivity contribution is -0.886. The number of carbonyl (C=O) groups excluding carboxylic acids is 1. The van der Waals surface area contributed by atoms with Crippen LogP contribution in [0.15, 0.2) is 54.6 Å². The second-order valence-electron chi connectivity index (χ2n) is 7.61. The Hall–Kier alpha value is -2.63. The largest absolute Gasteiger partial charge is 0.345 e. The first-order valence-electron chi connectivity index (χ1n) is 10.2. The van der Waals surface area contributed by atoms with Gasteiger partial charge in [0, 0.05) is 18.4 Å². The summed E-state index contributed by atoms with van der Waals surface area (Å²) in [6.07, 6.45) is 2.56. The van der Waals surface area contributed by atoms with Crippen molar-refractivity contribution in [3.05, 3.63) is 70.9 Å². The molecule has 0 bridgehead atoms. The predicted octanol–water partition coefficient (Wildman–Crippen LogP) is 2.91. The molecule has 0 spiro atoms. The summed E-state index contributed by atoms with van der Waals surface area (Å²) in [5.41, 5.74) is 3.99. The second-order valence-corrected chi connectivity index (χ2v) is 8.02. The van der Waals surface area contributed by atoms with Crippen molar-refractivity contribution in [1.82, 2.24) is 15.1 Å². The molecule has 1 aromatic heterocycles. The molecular weight excluding hydrogens is 384 g/mol. The third-order valence-corrected chi connectivity index (χ3v) is 5.74. The van der Waals surface area contributed by atoms with Crippen LogP contribution >= 0.6 is 11.6 Å². The topological polar surface area (TPSA) is 51.4 Å². The molecule has 5 nitrogen and oxygen atoms in total. The van der Waals surface area contributed by atoms with E-state index in [2.05, 4.69) is 5.32 Å². The van der Waals surface area contributed by atoms with Gasteiger partial charge in [-0.3, -0.25) is 4.79 Å². The summed E-state index contributed by atoms with van der Waals surface area (Å²) in [6.45, 7) is 6.05. The van der Waals surface area contributed by atoms with E-state index < -0.39 is 0 Å². The fraction of sp³-hybridized carbons (Fsp3) is 0.304. The van der Waals surface area contributed by atoms with Crippen LogP contribution in [-0.4, -0.2) is 41.9 Å². The Bertz CT molecular complexity index is 1010. The normalized spacial score (nSPS) is 14.3. The number of quaternary nitrogens is 1. The van der Waals surface area contributed by atoms with Crippen molar-refractivity contribution in [3.8, 4) is 16.9 Å². The zero-order valence-electron chi connectivity index (χ0n) is 16.6. The summed E-state index contributed by atoms with van der Waals surface area (Å²) in [6, 6.07) is 17.4. The smallest absolute Gasteiger partial charge is 0.270 e. The number of benzene rings is 2. The molecule has 1 amide bonds. The Morgan fingerprint density at radius 1 is 1.14 bits per heavy atom. The first-order chi connectivity index (χ1) is 14.1. The van der Waals surface area contributed by atoms with Crippen LogP contribution in [0.1, 0.15) is 28.9 Å². The summed E-state index contributed by atoms with van der Waals surface area (Å²) < 4.78 is 1.71. The monoisotopic (exact) mass is 409 g/mol. The molecule has 1 saturated heterocycles. The molecule has 1 aliphatic heterocycles. The SMILES string of the molecule is Cc1cccc(-n2nc(-c3ccccc3Cl)cc2C(=O)NCC[NH+]2CCCC2)c1. The number of likely N-dealkylation sites (tertiary alicyclic amines) is 1. The van der Waals surface area contributed by atoms with E-state index in [1.807, 2.05) is 61.5 Å². The molecule has 2 aromatic carbocycles. The number of carbonyl (C=O) groups is 1. The quantitative estimate of drug-likeness (QED) is 0.657. The van der Waals surface area contributed by atoms with Crippen molar-refractivity contribution < 1.29 is 9.69 Å². The fourth-order valence-electron chi connectivity index (χ4n) is 3.87. The Morgan fingerprint density at radius 2 is 1.93 bits per heavy atom. The molecule has 29 heavy (non-hydrogen) atoms. The van der Waals surface area contributed by atoms with Gasteiger partial charge in [-0.05, 0) is 36.8 Å². The summed E-state index contributed by atoms with van der Waals surface area (Å²) in [5.74, 6) is -0.115. The van der Waals surface area contributed by atoms with Gasteiger partial charge in [-0.15, -0.1) is 0 Å². The average molecular weight is 410 g/mol. The van der Waals surface area contributed by atoms with E-state index >= 15 is 0 Å². The predicted molar refractivity (Wildman–Crippen MR) is 116 cm³/mol. The van der Waals surface area contributed by atoms with Crippen LogP contribution in [0.3, 0.4) is 0 Å². The van der Waals surface area contributed by atoms with Crippen LogP contribution in [0.2, 0.25) is 5.02 Å². The molecule has 150 valence electrons. The number of hydrogen-bond donors (Lipinski definition) is 2. The minimum Gasteiger partial charge on any atom is -0.345 e. The minimum absolute atomic E-state index is 0.115. The molecule has 2 heterocycles.